The molecule has 3 rings (SSSR count). The van der Waals surface area contributed by atoms with Gasteiger partial charge in [0.05, 0.1) is 7.11 Å². The second-order valence-electron chi connectivity index (χ2n) is 6.62. The summed E-state index contributed by atoms with van der Waals surface area (Å²) in [6.45, 7) is 2.75. The lowest BCUT2D eigenvalue weighted by Gasteiger charge is -2.12. The third-order valence-corrected chi connectivity index (χ3v) is 4.07. The monoisotopic (exact) mass is 461 g/mol. The Balaban J connectivity index is 1.75. The van der Waals surface area contributed by atoms with E-state index in [0.29, 0.717) is 30.3 Å². The molecule has 8 nitrogen and oxygen atoms in total. The smallest absolute Gasteiger partial charge is 0.422 e. The third kappa shape index (κ3) is 7.87. The topological polar surface area (TPSA) is 90.4 Å². The van der Waals surface area contributed by atoms with Crippen LogP contribution >= 0.6 is 0 Å². The average molecular weight is 461 g/mol. The van der Waals surface area contributed by atoms with E-state index in [1.807, 2.05) is 12.1 Å². The first-order valence-electron chi connectivity index (χ1n) is 9.78. The zero-order valence-corrected chi connectivity index (χ0v) is 17.7. The number of ether oxygens (including phenoxy) is 3. The Morgan fingerprint density at radius 3 is 2.21 bits per heavy atom. The van der Waals surface area contributed by atoms with Gasteiger partial charge >= 0.3 is 12.2 Å². The molecule has 0 atom stereocenters. The molecule has 1 heterocycles. The van der Waals surface area contributed by atoms with Gasteiger partial charge in [0.1, 0.15) is 18.1 Å². The van der Waals surface area contributed by atoms with Crippen molar-refractivity contribution in [3.8, 4) is 17.5 Å². The van der Waals surface area contributed by atoms with E-state index >= 15 is 0 Å². The summed E-state index contributed by atoms with van der Waals surface area (Å²) in [5.74, 6) is 1.40. The summed E-state index contributed by atoms with van der Waals surface area (Å²) in [5, 5.41) is 5.88. The Labute approximate surface area is 188 Å². The maximum absolute atomic E-state index is 12.6. The molecular formula is C22H22F3N5O3. The van der Waals surface area contributed by atoms with Crippen molar-refractivity contribution < 1.29 is 27.4 Å². The molecule has 0 saturated heterocycles. The quantitative estimate of drug-likeness (QED) is 0.396. The average Bonchev–Trinajstić information content (AvgIpc) is 2.81. The molecule has 0 spiro atoms. The molecular weight excluding hydrogens is 439 g/mol. The fraction of sp³-hybridized carbons (Fsp3) is 0.227. The molecule has 1 aromatic heterocycles. The van der Waals surface area contributed by atoms with Gasteiger partial charge in [0, 0.05) is 12.2 Å². The predicted molar refractivity (Wildman–Crippen MR) is 117 cm³/mol. The summed E-state index contributed by atoms with van der Waals surface area (Å²) >= 11 is 0. The summed E-state index contributed by atoms with van der Waals surface area (Å²) in [4.78, 5) is 12.1. The molecule has 0 aliphatic carbocycles. The number of benzene rings is 2. The number of nitrogens with one attached hydrogen (secondary N) is 2. The minimum absolute atomic E-state index is 0.0131. The molecule has 2 N–H and O–H groups in total. The fourth-order valence-electron chi connectivity index (χ4n) is 2.55. The van der Waals surface area contributed by atoms with Crippen LogP contribution in [0.4, 0.5) is 30.8 Å². The summed E-state index contributed by atoms with van der Waals surface area (Å²) < 4.78 is 53.0. The second kappa shape index (κ2) is 11.0. The van der Waals surface area contributed by atoms with Gasteiger partial charge in [-0.15, -0.1) is 0 Å². The molecule has 3 aromatic rings. The molecule has 0 fully saturated rings. The van der Waals surface area contributed by atoms with Crippen molar-refractivity contribution >= 4 is 17.6 Å². The maximum atomic E-state index is 12.6. The highest BCUT2D eigenvalue weighted by atomic mass is 19.4. The SMILES string of the molecule is C=CCOc1ccc(Nc2nc(NCc3ccc(OC)cc3)nc(OCC(F)(F)F)n2)cc1. The zero-order chi connectivity index (χ0) is 23.7. The van der Waals surface area contributed by atoms with Crippen LogP contribution < -0.4 is 24.8 Å². The van der Waals surface area contributed by atoms with Gasteiger partial charge in [-0.1, -0.05) is 24.8 Å². The van der Waals surface area contributed by atoms with E-state index in [1.165, 1.54) is 0 Å². The van der Waals surface area contributed by atoms with Gasteiger partial charge in [0.2, 0.25) is 11.9 Å². The normalized spacial score (nSPS) is 10.9. The molecule has 0 aliphatic heterocycles. The molecule has 2 aromatic carbocycles. The number of alkyl halides is 3. The van der Waals surface area contributed by atoms with Crippen LogP contribution in [0.1, 0.15) is 5.56 Å². The van der Waals surface area contributed by atoms with Crippen molar-refractivity contribution in [1.82, 2.24) is 15.0 Å². The first-order chi connectivity index (χ1) is 15.8. The lowest BCUT2D eigenvalue weighted by Crippen LogP contribution is -2.21. The van der Waals surface area contributed by atoms with Crippen LogP contribution in [-0.4, -0.2) is 41.5 Å². The van der Waals surface area contributed by atoms with Gasteiger partial charge in [-0.3, -0.25) is 0 Å². The van der Waals surface area contributed by atoms with Crippen LogP contribution in [0.5, 0.6) is 17.5 Å². The van der Waals surface area contributed by atoms with Gasteiger partial charge in [-0.05, 0) is 42.0 Å². The van der Waals surface area contributed by atoms with Crippen molar-refractivity contribution in [3.63, 3.8) is 0 Å². The molecule has 33 heavy (non-hydrogen) atoms. The van der Waals surface area contributed by atoms with Crippen LogP contribution in [-0.2, 0) is 6.54 Å². The van der Waals surface area contributed by atoms with Gasteiger partial charge in [-0.2, -0.15) is 28.1 Å². The van der Waals surface area contributed by atoms with Crippen molar-refractivity contribution in [2.45, 2.75) is 12.7 Å². The maximum Gasteiger partial charge on any atom is 0.422 e. The zero-order valence-electron chi connectivity index (χ0n) is 17.7. The Kier molecular flexibility index (Phi) is 7.90. The molecule has 0 saturated carbocycles. The highest BCUT2D eigenvalue weighted by Gasteiger charge is 2.29. The largest absolute Gasteiger partial charge is 0.497 e. The second-order valence-corrected chi connectivity index (χ2v) is 6.62. The van der Waals surface area contributed by atoms with E-state index < -0.39 is 18.8 Å². The van der Waals surface area contributed by atoms with Crippen molar-refractivity contribution in [1.29, 1.82) is 0 Å². The van der Waals surface area contributed by atoms with Crippen LogP contribution in [0.15, 0.2) is 61.2 Å². The highest BCUT2D eigenvalue weighted by molar-refractivity contribution is 5.55. The Bertz CT molecular complexity index is 1040. The van der Waals surface area contributed by atoms with Gasteiger partial charge in [-0.25, -0.2) is 0 Å². The molecule has 0 unspecified atom stereocenters. The predicted octanol–water partition coefficient (Wildman–Crippen LogP) is 4.74. The standard InChI is InChI=1S/C22H22F3N5O3/c1-3-12-32-18-10-6-16(7-11-18)27-20-28-19(29-21(30-20)33-14-22(23,24)25)26-13-15-4-8-17(31-2)9-5-15/h3-11H,1,12-14H2,2H3,(H2,26,27,28,29,30). The molecule has 0 amide bonds. The van der Waals surface area contributed by atoms with Crippen LogP contribution in [0.2, 0.25) is 0 Å². The molecule has 11 heteroatoms. The van der Waals surface area contributed by atoms with Crippen molar-refractivity contribution in [2.24, 2.45) is 0 Å². The number of halogens is 3. The van der Waals surface area contributed by atoms with E-state index in [1.54, 1.807) is 49.6 Å². The first kappa shape index (κ1) is 23.6. The van der Waals surface area contributed by atoms with Crippen molar-refractivity contribution in [2.75, 3.05) is 31.0 Å². The molecule has 0 bridgehead atoms. The van der Waals surface area contributed by atoms with Gasteiger partial charge in [0.25, 0.3) is 0 Å². The number of hydrogen-bond acceptors (Lipinski definition) is 8. The van der Waals surface area contributed by atoms with E-state index in [0.717, 1.165) is 5.56 Å². The van der Waals surface area contributed by atoms with E-state index in [2.05, 4.69) is 32.2 Å². The third-order valence-electron chi connectivity index (χ3n) is 4.07. The van der Waals surface area contributed by atoms with Crippen LogP contribution in [0, 0.1) is 0 Å². The minimum atomic E-state index is -4.53. The number of hydrogen-bond donors (Lipinski definition) is 2. The number of aromatic nitrogens is 3. The molecule has 0 radical (unpaired) electrons. The van der Waals surface area contributed by atoms with Crippen LogP contribution in [0.25, 0.3) is 0 Å². The number of methoxy groups -OCH3 is 1. The first-order valence-corrected chi connectivity index (χ1v) is 9.78. The van der Waals surface area contributed by atoms with E-state index in [-0.39, 0.29) is 11.9 Å². The molecule has 0 aliphatic rings. The van der Waals surface area contributed by atoms with E-state index in [4.69, 9.17) is 14.2 Å². The summed E-state index contributed by atoms with van der Waals surface area (Å²) in [6, 6.07) is 13.6. The lowest BCUT2D eigenvalue weighted by atomic mass is 10.2. The minimum Gasteiger partial charge on any atom is -0.497 e. The summed E-state index contributed by atoms with van der Waals surface area (Å²) in [7, 11) is 1.57. The Morgan fingerprint density at radius 2 is 1.58 bits per heavy atom. The Hall–Kier alpha value is -4.02. The molecule has 174 valence electrons. The summed E-state index contributed by atoms with van der Waals surface area (Å²) in [5.41, 5.74) is 1.48. The van der Waals surface area contributed by atoms with Crippen LogP contribution in [0.3, 0.4) is 0 Å². The fourth-order valence-corrected chi connectivity index (χ4v) is 2.55. The van der Waals surface area contributed by atoms with E-state index in [9.17, 15) is 13.2 Å². The lowest BCUT2D eigenvalue weighted by molar-refractivity contribution is -0.154. The van der Waals surface area contributed by atoms with Gasteiger partial charge in [0.15, 0.2) is 6.61 Å². The summed E-state index contributed by atoms with van der Waals surface area (Å²) in [6.07, 6.45) is -2.90. The number of nitrogens with zero attached hydrogens (tertiary/aromatic N) is 3. The Morgan fingerprint density at radius 1 is 0.909 bits per heavy atom. The number of rotatable bonds is 11. The van der Waals surface area contributed by atoms with Gasteiger partial charge < -0.3 is 24.8 Å². The highest BCUT2D eigenvalue weighted by Crippen LogP contribution is 2.22. The number of anilines is 3. The van der Waals surface area contributed by atoms with Crippen molar-refractivity contribution in [3.05, 3.63) is 66.7 Å².